The predicted octanol–water partition coefficient (Wildman–Crippen LogP) is 1.75. The van der Waals surface area contributed by atoms with Gasteiger partial charge in [-0.05, 0) is 24.1 Å². The van der Waals surface area contributed by atoms with E-state index in [2.05, 4.69) is 10.3 Å². The molecule has 5 heteroatoms. The van der Waals surface area contributed by atoms with E-state index in [-0.39, 0.29) is 11.6 Å². The average Bonchev–Trinajstić information content (AvgIpc) is 2.46. The van der Waals surface area contributed by atoms with Crippen molar-refractivity contribution in [3.05, 3.63) is 59.8 Å². The van der Waals surface area contributed by atoms with Gasteiger partial charge < -0.3 is 11.1 Å². The molecule has 0 radical (unpaired) electrons. The smallest absolute Gasteiger partial charge is 0.267 e. The largest absolute Gasteiger partial charge is 0.364 e. The highest BCUT2D eigenvalue weighted by Gasteiger charge is 2.06. The normalized spacial score (nSPS) is 10.0. The fourth-order valence-electron chi connectivity index (χ4n) is 1.75. The minimum Gasteiger partial charge on any atom is -0.364 e. The summed E-state index contributed by atoms with van der Waals surface area (Å²) < 4.78 is 0. The quantitative estimate of drug-likeness (QED) is 0.867. The molecule has 0 bridgehead atoms. The number of carbonyl (C=O) groups excluding carboxylic acids is 2. The van der Waals surface area contributed by atoms with Gasteiger partial charge in [-0.1, -0.05) is 36.4 Å². The molecule has 3 N–H and O–H groups in total. The second-order valence-corrected chi connectivity index (χ2v) is 4.31. The molecule has 0 atom stereocenters. The second kappa shape index (κ2) is 6.47. The number of carbonyl (C=O) groups is 2. The Hall–Kier alpha value is -2.69. The lowest BCUT2D eigenvalue weighted by atomic mass is 10.1. The van der Waals surface area contributed by atoms with Crippen LogP contribution in [-0.2, 0) is 11.2 Å². The number of nitrogens with zero attached hydrogens (tertiary/aromatic N) is 1. The van der Waals surface area contributed by atoms with Crippen molar-refractivity contribution in [2.24, 2.45) is 5.73 Å². The molecule has 0 spiro atoms. The lowest BCUT2D eigenvalue weighted by Crippen LogP contribution is -2.17. The summed E-state index contributed by atoms with van der Waals surface area (Å²) >= 11 is 0. The Morgan fingerprint density at radius 3 is 2.50 bits per heavy atom. The Morgan fingerprint density at radius 1 is 1.05 bits per heavy atom. The maximum Gasteiger partial charge on any atom is 0.267 e. The molecule has 0 saturated heterocycles. The molecule has 0 unspecified atom stereocenters. The van der Waals surface area contributed by atoms with Gasteiger partial charge in [-0.15, -0.1) is 0 Å². The summed E-state index contributed by atoms with van der Waals surface area (Å²) in [6.45, 7) is 0. The summed E-state index contributed by atoms with van der Waals surface area (Å²) in [6.07, 6.45) is 1.01. The van der Waals surface area contributed by atoms with Gasteiger partial charge in [0.1, 0.15) is 11.5 Å². The van der Waals surface area contributed by atoms with Gasteiger partial charge in [0.2, 0.25) is 5.91 Å². The fraction of sp³-hybridized carbons (Fsp3) is 0.133. The average molecular weight is 269 g/mol. The van der Waals surface area contributed by atoms with E-state index >= 15 is 0 Å². The van der Waals surface area contributed by atoms with Gasteiger partial charge in [-0.3, -0.25) is 9.59 Å². The highest BCUT2D eigenvalue weighted by molar-refractivity contribution is 5.93. The SMILES string of the molecule is NC(=O)c1cccc(NC(=O)CCc2ccccc2)n1. The molecule has 2 amide bonds. The number of pyridine rings is 1. The van der Waals surface area contributed by atoms with E-state index < -0.39 is 5.91 Å². The van der Waals surface area contributed by atoms with Crippen molar-refractivity contribution in [3.8, 4) is 0 Å². The third-order valence-electron chi connectivity index (χ3n) is 2.75. The zero-order valence-electron chi connectivity index (χ0n) is 10.9. The third kappa shape index (κ3) is 3.91. The van der Waals surface area contributed by atoms with Crippen molar-refractivity contribution >= 4 is 17.6 Å². The Balaban J connectivity index is 1.91. The molecule has 5 nitrogen and oxygen atoms in total. The second-order valence-electron chi connectivity index (χ2n) is 4.31. The zero-order chi connectivity index (χ0) is 14.4. The van der Waals surface area contributed by atoms with Crippen LogP contribution in [0.3, 0.4) is 0 Å². The van der Waals surface area contributed by atoms with E-state index in [9.17, 15) is 9.59 Å². The first-order chi connectivity index (χ1) is 9.65. The van der Waals surface area contributed by atoms with E-state index in [4.69, 9.17) is 5.73 Å². The molecular formula is C15H15N3O2. The first-order valence-electron chi connectivity index (χ1n) is 6.26. The third-order valence-corrected chi connectivity index (χ3v) is 2.75. The molecule has 102 valence electrons. The standard InChI is InChI=1S/C15H15N3O2/c16-15(20)12-7-4-8-13(17-12)18-14(19)10-9-11-5-2-1-3-6-11/h1-8H,9-10H2,(H2,16,20)(H,17,18,19). The minimum atomic E-state index is -0.620. The van der Waals surface area contributed by atoms with Crippen molar-refractivity contribution < 1.29 is 9.59 Å². The molecular weight excluding hydrogens is 254 g/mol. The van der Waals surface area contributed by atoms with Crippen LogP contribution in [0.2, 0.25) is 0 Å². The maximum atomic E-state index is 11.8. The summed E-state index contributed by atoms with van der Waals surface area (Å²) in [4.78, 5) is 26.8. The van der Waals surface area contributed by atoms with E-state index in [0.29, 0.717) is 18.7 Å². The van der Waals surface area contributed by atoms with E-state index in [1.807, 2.05) is 30.3 Å². The van der Waals surface area contributed by atoms with Gasteiger partial charge in [-0.2, -0.15) is 0 Å². The predicted molar refractivity (Wildman–Crippen MR) is 76.1 cm³/mol. The lowest BCUT2D eigenvalue weighted by Gasteiger charge is -2.05. The first-order valence-corrected chi connectivity index (χ1v) is 6.26. The monoisotopic (exact) mass is 269 g/mol. The van der Waals surface area contributed by atoms with Crippen LogP contribution in [0, 0.1) is 0 Å². The van der Waals surface area contributed by atoms with E-state index in [0.717, 1.165) is 5.56 Å². The van der Waals surface area contributed by atoms with Crippen LogP contribution in [-0.4, -0.2) is 16.8 Å². The maximum absolute atomic E-state index is 11.8. The number of primary amides is 1. The molecule has 0 aliphatic heterocycles. The van der Waals surface area contributed by atoms with Gasteiger partial charge in [0.05, 0.1) is 0 Å². The summed E-state index contributed by atoms with van der Waals surface area (Å²) in [6, 6.07) is 14.5. The van der Waals surface area contributed by atoms with Crippen LogP contribution in [0.1, 0.15) is 22.5 Å². The number of hydrogen-bond donors (Lipinski definition) is 2. The molecule has 0 saturated carbocycles. The molecule has 2 rings (SSSR count). The summed E-state index contributed by atoms with van der Waals surface area (Å²) in [7, 11) is 0. The summed E-state index contributed by atoms with van der Waals surface area (Å²) in [5, 5.41) is 2.65. The topological polar surface area (TPSA) is 85.1 Å². The Labute approximate surface area is 116 Å². The van der Waals surface area contributed by atoms with Gasteiger partial charge in [-0.25, -0.2) is 4.98 Å². The zero-order valence-corrected chi connectivity index (χ0v) is 10.9. The number of aromatic nitrogens is 1. The Bertz CT molecular complexity index is 612. The lowest BCUT2D eigenvalue weighted by molar-refractivity contribution is -0.116. The minimum absolute atomic E-state index is 0.130. The van der Waals surface area contributed by atoms with E-state index in [1.54, 1.807) is 12.1 Å². The van der Waals surface area contributed by atoms with Crippen LogP contribution in [0.4, 0.5) is 5.82 Å². The van der Waals surface area contributed by atoms with Crippen molar-refractivity contribution in [1.29, 1.82) is 0 Å². The number of hydrogen-bond acceptors (Lipinski definition) is 3. The van der Waals surface area contributed by atoms with Gasteiger partial charge in [0.25, 0.3) is 5.91 Å². The van der Waals surface area contributed by atoms with Gasteiger partial charge in [0.15, 0.2) is 0 Å². The van der Waals surface area contributed by atoms with Crippen LogP contribution in [0.25, 0.3) is 0 Å². The van der Waals surface area contributed by atoms with Crippen LogP contribution in [0.15, 0.2) is 48.5 Å². The van der Waals surface area contributed by atoms with Crippen LogP contribution >= 0.6 is 0 Å². The Morgan fingerprint density at radius 2 is 1.80 bits per heavy atom. The molecule has 0 aliphatic rings. The molecule has 20 heavy (non-hydrogen) atoms. The molecule has 1 heterocycles. The van der Waals surface area contributed by atoms with E-state index in [1.165, 1.54) is 6.07 Å². The van der Waals surface area contributed by atoms with Crippen molar-refractivity contribution in [2.45, 2.75) is 12.8 Å². The molecule has 0 fully saturated rings. The highest BCUT2D eigenvalue weighted by Crippen LogP contribution is 2.07. The number of nitrogens with one attached hydrogen (secondary N) is 1. The first kappa shape index (κ1) is 13.7. The molecule has 1 aromatic carbocycles. The number of anilines is 1. The number of amides is 2. The fourth-order valence-corrected chi connectivity index (χ4v) is 1.75. The van der Waals surface area contributed by atoms with Gasteiger partial charge >= 0.3 is 0 Å². The van der Waals surface area contributed by atoms with Crippen molar-refractivity contribution in [2.75, 3.05) is 5.32 Å². The number of aryl methyl sites for hydroxylation is 1. The number of rotatable bonds is 5. The highest BCUT2D eigenvalue weighted by atomic mass is 16.2. The number of benzene rings is 1. The summed E-state index contributed by atoms with van der Waals surface area (Å²) in [5.74, 6) is -0.437. The summed E-state index contributed by atoms with van der Waals surface area (Å²) in [5.41, 5.74) is 6.36. The van der Waals surface area contributed by atoms with Crippen LogP contribution < -0.4 is 11.1 Å². The molecule has 2 aromatic rings. The van der Waals surface area contributed by atoms with Crippen molar-refractivity contribution in [1.82, 2.24) is 4.98 Å². The number of nitrogens with two attached hydrogens (primary N) is 1. The van der Waals surface area contributed by atoms with Crippen LogP contribution in [0.5, 0.6) is 0 Å². The van der Waals surface area contributed by atoms with Crippen molar-refractivity contribution in [3.63, 3.8) is 0 Å². The Kier molecular flexibility index (Phi) is 4.44. The molecule has 0 aliphatic carbocycles. The van der Waals surface area contributed by atoms with Gasteiger partial charge in [0, 0.05) is 6.42 Å². The molecule has 1 aromatic heterocycles.